The second-order valence-corrected chi connectivity index (χ2v) is 6.52. The van der Waals surface area contributed by atoms with E-state index in [0.717, 1.165) is 13.1 Å². The van der Waals surface area contributed by atoms with Crippen LogP contribution in [0, 0.1) is 11.8 Å². The van der Waals surface area contributed by atoms with Crippen LogP contribution in [0.5, 0.6) is 0 Å². The van der Waals surface area contributed by atoms with E-state index in [2.05, 4.69) is 16.1 Å². The van der Waals surface area contributed by atoms with Crippen LogP contribution in [0.15, 0.2) is 0 Å². The van der Waals surface area contributed by atoms with Gasteiger partial charge < -0.3 is 15.5 Å². The fraction of sp³-hybridized carbons (Fsp3) is 0.923. The molecule has 18 heavy (non-hydrogen) atoms. The summed E-state index contributed by atoms with van der Waals surface area (Å²) in [6, 6.07) is 0.311. The molecule has 3 N–H and O–H groups in total. The van der Waals surface area contributed by atoms with E-state index in [1.807, 2.05) is 20.8 Å². The van der Waals surface area contributed by atoms with Crippen LogP contribution >= 0.6 is 0 Å². The minimum Gasteiger partial charge on any atom is -0.354 e. The van der Waals surface area contributed by atoms with Gasteiger partial charge in [-0.25, -0.2) is 4.79 Å². The van der Waals surface area contributed by atoms with Crippen LogP contribution in [0.25, 0.3) is 0 Å². The highest BCUT2D eigenvalue weighted by molar-refractivity contribution is 5.67. The van der Waals surface area contributed by atoms with Crippen LogP contribution in [0.1, 0.15) is 40.0 Å². The molecule has 1 amide bonds. The lowest BCUT2D eigenvalue weighted by atomic mass is 9.75. The second kappa shape index (κ2) is 5.45. The molecule has 2 rings (SSSR count). The number of nitrogens with one attached hydrogen (secondary N) is 3. The highest BCUT2D eigenvalue weighted by Gasteiger charge is 2.37. The molecule has 5 heteroatoms. The van der Waals surface area contributed by atoms with Gasteiger partial charge in [0.2, 0.25) is 0 Å². The Bertz CT molecular complexity index is 279. The number of piperidine rings is 1. The monoisotopic (exact) mass is 255 g/mol. The molecule has 2 unspecified atom stereocenters. The topological polar surface area (TPSA) is 62.4 Å². The molecule has 0 aromatic heterocycles. The van der Waals surface area contributed by atoms with Crippen molar-refractivity contribution in [3.8, 4) is 0 Å². The lowest BCUT2D eigenvalue weighted by molar-refractivity contribution is 0.00405. The van der Waals surface area contributed by atoms with Crippen molar-refractivity contribution in [1.82, 2.24) is 16.1 Å². The van der Waals surface area contributed by atoms with E-state index in [1.165, 1.54) is 19.3 Å². The SMILES string of the molecule is CC(C)(C)NC(=O)ONC1C2CCCC1CNC2. The molecule has 5 nitrogen and oxygen atoms in total. The van der Waals surface area contributed by atoms with E-state index in [4.69, 9.17) is 4.84 Å². The zero-order valence-electron chi connectivity index (χ0n) is 11.6. The van der Waals surface area contributed by atoms with E-state index < -0.39 is 0 Å². The van der Waals surface area contributed by atoms with Gasteiger partial charge in [-0.15, -0.1) is 5.48 Å². The molecule has 1 saturated carbocycles. The van der Waals surface area contributed by atoms with Gasteiger partial charge in [0.1, 0.15) is 0 Å². The quantitative estimate of drug-likeness (QED) is 0.653. The van der Waals surface area contributed by atoms with E-state index in [0.29, 0.717) is 17.9 Å². The molecule has 0 aromatic rings. The summed E-state index contributed by atoms with van der Waals surface area (Å²) in [7, 11) is 0. The number of carbonyl (C=O) groups is 1. The highest BCUT2D eigenvalue weighted by Crippen LogP contribution is 2.31. The zero-order valence-corrected chi connectivity index (χ0v) is 11.6. The van der Waals surface area contributed by atoms with Crippen LogP contribution in [-0.2, 0) is 4.84 Å². The van der Waals surface area contributed by atoms with Crippen LogP contribution < -0.4 is 16.1 Å². The van der Waals surface area contributed by atoms with Gasteiger partial charge in [0, 0.05) is 5.54 Å². The Balaban J connectivity index is 1.80. The Morgan fingerprint density at radius 2 is 1.83 bits per heavy atom. The second-order valence-electron chi connectivity index (χ2n) is 6.52. The van der Waals surface area contributed by atoms with Crippen LogP contribution in [0.4, 0.5) is 4.79 Å². The third kappa shape index (κ3) is 3.59. The minimum atomic E-state index is -0.390. The van der Waals surface area contributed by atoms with Crippen LogP contribution in [0.2, 0.25) is 0 Å². The number of rotatable bonds is 2. The van der Waals surface area contributed by atoms with Crippen LogP contribution in [0.3, 0.4) is 0 Å². The summed E-state index contributed by atoms with van der Waals surface area (Å²) in [5.74, 6) is 1.17. The molecule has 2 bridgehead atoms. The molecule has 0 spiro atoms. The van der Waals surface area contributed by atoms with E-state index in [9.17, 15) is 4.79 Å². The summed E-state index contributed by atoms with van der Waals surface area (Å²) in [5.41, 5.74) is 2.73. The number of fused-ring (bicyclic) bond motifs is 2. The van der Waals surface area contributed by atoms with Crippen molar-refractivity contribution in [3.63, 3.8) is 0 Å². The molecule has 2 fully saturated rings. The third-order valence-corrected chi connectivity index (χ3v) is 3.74. The summed E-state index contributed by atoms with van der Waals surface area (Å²) in [6.07, 6.45) is 3.33. The first-order valence-electron chi connectivity index (χ1n) is 6.91. The number of hydroxylamine groups is 1. The average molecular weight is 255 g/mol. The largest absolute Gasteiger partial charge is 0.426 e. The fourth-order valence-corrected chi connectivity index (χ4v) is 2.94. The maximum atomic E-state index is 11.6. The molecular weight excluding hydrogens is 230 g/mol. The van der Waals surface area contributed by atoms with Gasteiger partial charge in [-0.3, -0.25) is 0 Å². The Morgan fingerprint density at radius 1 is 1.22 bits per heavy atom. The van der Waals surface area contributed by atoms with Gasteiger partial charge >= 0.3 is 6.09 Å². The van der Waals surface area contributed by atoms with Crippen molar-refractivity contribution >= 4 is 6.09 Å². The predicted octanol–water partition coefficient (Wildman–Crippen LogP) is 1.40. The number of hydrogen-bond donors (Lipinski definition) is 3. The molecular formula is C13H25N3O2. The van der Waals surface area contributed by atoms with Gasteiger partial charge in [-0.1, -0.05) is 6.42 Å². The Hall–Kier alpha value is -0.810. The third-order valence-electron chi connectivity index (χ3n) is 3.74. The summed E-state index contributed by atoms with van der Waals surface area (Å²) < 4.78 is 0. The van der Waals surface area contributed by atoms with Gasteiger partial charge in [-0.2, -0.15) is 0 Å². The summed E-state index contributed by atoms with van der Waals surface area (Å²) in [4.78, 5) is 16.8. The minimum absolute atomic E-state index is 0.261. The average Bonchev–Trinajstić information content (AvgIpc) is 2.23. The van der Waals surface area contributed by atoms with Crippen molar-refractivity contribution in [2.45, 2.75) is 51.6 Å². The van der Waals surface area contributed by atoms with Gasteiger partial charge in [0.25, 0.3) is 0 Å². The predicted molar refractivity (Wildman–Crippen MR) is 70.0 cm³/mol. The van der Waals surface area contributed by atoms with Crippen molar-refractivity contribution < 1.29 is 9.63 Å². The highest BCUT2D eigenvalue weighted by atomic mass is 16.7. The normalized spacial score (nSPS) is 31.8. The lowest BCUT2D eigenvalue weighted by Gasteiger charge is -2.42. The molecule has 1 heterocycles. The maximum Gasteiger partial charge on any atom is 0.426 e. The van der Waals surface area contributed by atoms with Crippen molar-refractivity contribution in [1.29, 1.82) is 0 Å². The first-order valence-corrected chi connectivity index (χ1v) is 6.91. The van der Waals surface area contributed by atoms with Gasteiger partial charge in [0.05, 0.1) is 6.04 Å². The summed E-state index contributed by atoms with van der Waals surface area (Å²) in [6.45, 7) is 7.87. The molecule has 1 saturated heterocycles. The Kier molecular flexibility index (Phi) is 4.12. The van der Waals surface area contributed by atoms with Crippen molar-refractivity contribution in [3.05, 3.63) is 0 Å². The first-order chi connectivity index (χ1) is 8.46. The Labute approximate surface area is 109 Å². The number of carbonyl (C=O) groups excluding carboxylic acids is 1. The van der Waals surface area contributed by atoms with Gasteiger partial charge in [0.15, 0.2) is 0 Å². The number of hydrogen-bond acceptors (Lipinski definition) is 4. The molecule has 1 aliphatic carbocycles. The van der Waals surface area contributed by atoms with Crippen molar-refractivity contribution in [2.75, 3.05) is 13.1 Å². The summed E-state index contributed by atoms with van der Waals surface area (Å²) in [5, 5.41) is 6.23. The first kappa shape index (κ1) is 13.6. The smallest absolute Gasteiger partial charge is 0.354 e. The van der Waals surface area contributed by atoms with E-state index in [1.54, 1.807) is 0 Å². The van der Waals surface area contributed by atoms with E-state index in [-0.39, 0.29) is 11.6 Å². The number of amides is 1. The maximum absolute atomic E-state index is 11.6. The molecule has 0 radical (unpaired) electrons. The van der Waals surface area contributed by atoms with E-state index >= 15 is 0 Å². The Morgan fingerprint density at radius 3 is 2.39 bits per heavy atom. The van der Waals surface area contributed by atoms with Gasteiger partial charge in [-0.05, 0) is 58.5 Å². The fourth-order valence-electron chi connectivity index (χ4n) is 2.94. The molecule has 104 valence electrons. The standard InChI is InChI=1S/C13H25N3O2/c1-13(2,3)15-12(17)18-16-11-9-5-4-6-10(11)8-14-7-9/h9-11,14,16H,4-8H2,1-3H3,(H,15,17). The molecule has 2 aliphatic rings. The lowest BCUT2D eigenvalue weighted by Crippen LogP contribution is -2.56. The molecule has 2 atom stereocenters. The molecule has 0 aromatic carbocycles. The summed E-state index contributed by atoms with van der Waals surface area (Å²) >= 11 is 0. The van der Waals surface area contributed by atoms with Crippen molar-refractivity contribution in [2.24, 2.45) is 11.8 Å². The zero-order chi connectivity index (χ0) is 13.2. The molecule has 1 aliphatic heterocycles. The van der Waals surface area contributed by atoms with Crippen LogP contribution in [-0.4, -0.2) is 30.8 Å².